The van der Waals surface area contributed by atoms with Gasteiger partial charge in [0, 0.05) is 17.6 Å². The van der Waals surface area contributed by atoms with E-state index in [0.717, 1.165) is 12.1 Å². The third-order valence-corrected chi connectivity index (χ3v) is 3.87. The van der Waals surface area contributed by atoms with Crippen molar-refractivity contribution < 1.29 is 13.7 Å². The molecule has 1 N–H and O–H groups in total. The highest BCUT2D eigenvalue weighted by Gasteiger charge is 2.19. The SMILES string of the molecule is O=[N+]([O-])c1c(Br)ccc2c(Nc3ccc(F)cc3F)nccc12. The summed E-state index contributed by atoms with van der Waals surface area (Å²) in [6.07, 6.45) is 1.38. The van der Waals surface area contributed by atoms with Gasteiger partial charge in [0.25, 0.3) is 5.69 Å². The third kappa shape index (κ3) is 2.85. The molecule has 23 heavy (non-hydrogen) atoms. The van der Waals surface area contributed by atoms with E-state index in [1.54, 1.807) is 6.07 Å². The number of aromatic nitrogens is 1. The number of pyridine rings is 1. The number of benzene rings is 2. The lowest BCUT2D eigenvalue weighted by Gasteiger charge is -2.10. The van der Waals surface area contributed by atoms with Crippen molar-refractivity contribution in [1.82, 2.24) is 4.98 Å². The zero-order chi connectivity index (χ0) is 16.6. The minimum absolute atomic E-state index is 0.0250. The Hall–Kier alpha value is -2.61. The Kier molecular flexibility index (Phi) is 3.91. The van der Waals surface area contributed by atoms with Crippen molar-refractivity contribution in [1.29, 1.82) is 0 Å². The molecule has 0 saturated carbocycles. The van der Waals surface area contributed by atoms with Crippen molar-refractivity contribution in [2.75, 3.05) is 5.32 Å². The van der Waals surface area contributed by atoms with Crippen LogP contribution in [0, 0.1) is 21.7 Å². The number of fused-ring (bicyclic) bond motifs is 1. The molecule has 0 bridgehead atoms. The number of nitro groups is 1. The first kappa shape index (κ1) is 15.3. The van der Waals surface area contributed by atoms with Crippen LogP contribution < -0.4 is 5.32 Å². The number of hydrogen-bond acceptors (Lipinski definition) is 4. The molecule has 1 heterocycles. The number of anilines is 2. The molecule has 116 valence electrons. The number of nitrogens with zero attached hydrogens (tertiary/aromatic N) is 2. The average Bonchev–Trinajstić information content (AvgIpc) is 2.49. The minimum Gasteiger partial charge on any atom is -0.337 e. The summed E-state index contributed by atoms with van der Waals surface area (Å²) in [7, 11) is 0. The van der Waals surface area contributed by atoms with E-state index in [-0.39, 0.29) is 17.2 Å². The van der Waals surface area contributed by atoms with E-state index in [9.17, 15) is 18.9 Å². The largest absolute Gasteiger partial charge is 0.337 e. The highest BCUT2D eigenvalue weighted by molar-refractivity contribution is 9.10. The molecule has 0 aliphatic heterocycles. The predicted octanol–water partition coefficient (Wildman–Crippen LogP) is 4.93. The van der Waals surface area contributed by atoms with Gasteiger partial charge >= 0.3 is 0 Å². The number of hydrogen-bond donors (Lipinski definition) is 1. The van der Waals surface area contributed by atoms with Crippen LogP contribution in [0.4, 0.5) is 26.0 Å². The van der Waals surface area contributed by atoms with Gasteiger partial charge in [0.15, 0.2) is 0 Å². The number of halogens is 3. The molecular formula is C15H8BrF2N3O2. The van der Waals surface area contributed by atoms with Crippen LogP contribution in [0.1, 0.15) is 0 Å². The van der Waals surface area contributed by atoms with Gasteiger partial charge < -0.3 is 5.32 Å². The number of nitrogens with one attached hydrogen (secondary N) is 1. The molecular weight excluding hydrogens is 372 g/mol. The maximum absolute atomic E-state index is 13.8. The molecule has 3 rings (SSSR count). The van der Waals surface area contributed by atoms with Crippen LogP contribution in [0.25, 0.3) is 10.8 Å². The summed E-state index contributed by atoms with van der Waals surface area (Å²) in [6.45, 7) is 0. The summed E-state index contributed by atoms with van der Waals surface area (Å²) >= 11 is 3.14. The maximum Gasteiger partial charge on any atom is 0.291 e. The highest BCUT2D eigenvalue weighted by Crippen LogP contribution is 2.36. The van der Waals surface area contributed by atoms with Crippen molar-refractivity contribution in [3.05, 3.63) is 68.8 Å². The zero-order valence-corrected chi connectivity index (χ0v) is 13.0. The molecule has 0 radical (unpaired) electrons. The lowest BCUT2D eigenvalue weighted by molar-refractivity contribution is -0.383. The molecule has 8 heteroatoms. The fourth-order valence-electron chi connectivity index (χ4n) is 2.22. The fraction of sp³-hybridized carbons (Fsp3) is 0. The van der Waals surface area contributed by atoms with E-state index in [4.69, 9.17) is 0 Å². The van der Waals surface area contributed by atoms with Gasteiger partial charge in [-0.2, -0.15) is 0 Å². The molecule has 0 aliphatic carbocycles. The molecule has 0 unspecified atom stereocenters. The first-order valence-corrected chi connectivity index (χ1v) is 7.20. The second-order valence-corrected chi connectivity index (χ2v) is 5.51. The maximum atomic E-state index is 13.8. The molecule has 5 nitrogen and oxygen atoms in total. The van der Waals surface area contributed by atoms with Crippen LogP contribution in [0.3, 0.4) is 0 Å². The van der Waals surface area contributed by atoms with E-state index in [1.807, 2.05) is 0 Å². The highest BCUT2D eigenvalue weighted by atomic mass is 79.9. The van der Waals surface area contributed by atoms with E-state index in [2.05, 4.69) is 26.2 Å². The molecule has 0 fully saturated rings. The van der Waals surface area contributed by atoms with Gasteiger partial charge in [0.05, 0.1) is 20.5 Å². The lowest BCUT2D eigenvalue weighted by Crippen LogP contribution is -1.99. The number of nitro benzene ring substituents is 1. The molecule has 2 aromatic carbocycles. The Labute approximate surface area is 137 Å². The Balaban J connectivity index is 2.15. The van der Waals surface area contributed by atoms with Crippen molar-refractivity contribution >= 4 is 43.9 Å². The average molecular weight is 380 g/mol. The summed E-state index contributed by atoms with van der Waals surface area (Å²) in [4.78, 5) is 14.8. The standard InChI is InChI=1S/C15H8BrF2N3O2/c16-11-3-2-10-9(14(11)21(22)23)5-6-19-15(10)20-13-4-1-8(17)7-12(13)18/h1-7H,(H,19,20). The van der Waals surface area contributed by atoms with Gasteiger partial charge in [-0.25, -0.2) is 13.8 Å². The second-order valence-electron chi connectivity index (χ2n) is 4.66. The van der Waals surface area contributed by atoms with Crippen LogP contribution in [0.15, 0.2) is 47.1 Å². The summed E-state index contributed by atoms with van der Waals surface area (Å²) in [6, 6.07) is 7.74. The van der Waals surface area contributed by atoms with Crippen LogP contribution in [0.5, 0.6) is 0 Å². The number of rotatable bonds is 3. The van der Waals surface area contributed by atoms with Crippen molar-refractivity contribution in [2.45, 2.75) is 0 Å². The van der Waals surface area contributed by atoms with Gasteiger partial charge in [0.1, 0.15) is 17.5 Å². The second kappa shape index (κ2) is 5.88. The quantitative estimate of drug-likeness (QED) is 0.517. The molecule has 0 saturated heterocycles. The Morgan fingerprint density at radius 1 is 1.13 bits per heavy atom. The van der Waals surface area contributed by atoms with Crippen molar-refractivity contribution in [3.8, 4) is 0 Å². The van der Waals surface area contributed by atoms with Crippen LogP contribution in [0.2, 0.25) is 0 Å². The summed E-state index contributed by atoms with van der Waals surface area (Å²) < 4.78 is 27.1. The molecule has 3 aromatic rings. The van der Waals surface area contributed by atoms with Crippen molar-refractivity contribution in [2.24, 2.45) is 0 Å². The molecule has 0 atom stereocenters. The van der Waals surface area contributed by atoms with Crippen LogP contribution in [-0.4, -0.2) is 9.91 Å². The normalized spacial score (nSPS) is 10.7. The monoisotopic (exact) mass is 379 g/mol. The molecule has 0 spiro atoms. The molecule has 0 aliphatic rings. The summed E-state index contributed by atoms with van der Waals surface area (Å²) in [5.74, 6) is -1.24. The van der Waals surface area contributed by atoms with Gasteiger partial charge in [-0.15, -0.1) is 0 Å². The summed E-state index contributed by atoms with van der Waals surface area (Å²) in [5, 5.41) is 14.8. The Morgan fingerprint density at radius 3 is 2.61 bits per heavy atom. The van der Waals surface area contributed by atoms with Crippen LogP contribution in [-0.2, 0) is 0 Å². The summed E-state index contributed by atoms with van der Waals surface area (Å²) in [5.41, 5.74) is -0.0792. The topological polar surface area (TPSA) is 68.1 Å². The minimum atomic E-state index is -0.782. The van der Waals surface area contributed by atoms with Gasteiger partial charge in [-0.3, -0.25) is 10.1 Å². The first-order valence-electron chi connectivity index (χ1n) is 6.41. The predicted molar refractivity (Wildman–Crippen MR) is 85.7 cm³/mol. The zero-order valence-electron chi connectivity index (χ0n) is 11.4. The Bertz CT molecular complexity index is 934. The molecule has 1 aromatic heterocycles. The van der Waals surface area contributed by atoms with Gasteiger partial charge in [-0.1, -0.05) is 0 Å². The van der Waals surface area contributed by atoms with Gasteiger partial charge in [-0.05, 0) is 46.3 Å². The third-order valence-electron chi connectivity index (χ3n) is 3.23. The van der Waals surface area contributed by atoms with E-state index < -0.39 is 16.6 Å². The molecule has 0 amide bonds. The van der Waals surface area contributed by atoms with E-state index in [1.165, 1.54) is 24.4 Å². The Morgan fingerprint density at radius 2 is 1.91 bits per heavy atom. The van der Waals surface area contributed by atoms with E-state index in [0.29, 0.717) is 15.2 Å². The van der Waals surface area contributed by atoms with Crippen molar-refractivity contribution in [3.63, 3.8) is 0 Å². The van der Waals surface area contributed by atoms with E-state index >= 15 is 0 Å². The fourth-order valence-corrected chi connectivity index (χ4v) is 2.71. The smallest absolute Gasteiger partial charge is 0.291 e. The van der Waals surface area contributed by atoms with Gasteiger partial charge in [0.2, 0.25) is 0 Å². The lowest BCUT2D eigenvalue weighted by atomic mass is 10.1. The first-order chi connectivity index (χ1) is 11.0. The van der Waals surface area contributed by atoms with Crippen LogP contribution >= 0.6 is 15.9 Å².